The molecule has 19 heavy (non-hydrogen) atoms. The molecule has 1 aliphatic carbocycles. The van der Waals surface area contributed by atoms with Crippen molar-refractivity contribution in [3.8, 4) is 0 Å². The highest BCUT2D eigenvalue weighted by Gasteiger charge is 2.26. The van der Waals surface area contributed by atoms with E-state index in [0.717, 1.165) is 25.3 Å². The highest BCUT2D eigenvalue weighted by molar-refractivity contribution is 7.09. The Balaban J connectivity index is 1.58. The first-order valence-electron chi connectivity index (χ1n) is 7.03. The van der Waals surface area contributed by atoms with Crippen LogP contribution in [0, 0.1) is 0 Å². The van der Waals surface area contributed by atoms with Crippen LogP contribution in [0.2, 0.25) is 0 Å². The molecule has 5 heteroatoms. The van der Waals surface area contributed by atoms with Crippen LogP contribution in [0.5, 0.6) is 0 Å². The van der Waals surface area contributed by atoms with Gasteiger partial charge in [-0.2, -0.15) is 5.10 Å². The quantitative estimate of drug-likeness (QED) is 0.815. The van der Waals surface area contributed by atoms with Crippen molar-refractivity contribution in [3.05, 3.63) is 34.0 Å². The van der Waals surface area contributed by atoms with E-state index in [4.69, 9.17) is 4.98 Å². The number of rotatable bonds is 7. The third-order valence-corrected chi connectivity index (χ3v) is 4.58. The predicted octanol–water partition coefficient (Wildman–Crippen LogP) is 3.37. The van der Waals surface area contributed by atoms with Crippen LogP contribution in [-0.2, 0) is 6.54 Å². The number of H-pyrrole nitrogens is 1. The van der Waals surface area contributed by atoms with Crippen molar-refractivity contribution in [1.82, 2.24) is 20.5 Å². The van der Waals surface area contributed by atoms with Gasteiger partial charge in [0.1, 0.15) is 0 Å². The number of nitrogens with one attached hydrogen (secondary N) is 2. The maximum Gasteiger partial charge on any atom is 0.0959 e. The lowest BCUT2D eigenvalue weighted by Gasteiger charge is -2.15. The molecule has 1 atom stereocenters. The number of nitrogens with zero attached hydrogens (tertiary/aromatic N) is 2. The fraction of sp³-hybridized carbons (Fsp3) is 0.571. The van der Waals surface area contributed by atoms with Gasteiger partial charge in [-0.05, 0) is 19.3 Å². The highest BCUT2D eigenvalue weighted by atomic mass is 32.1. The Bertz CT molecular complexity index is 501. The largest absolute Gasteiger partial charge is 0.304 e. The molecule has 1 aliphatic rings. The standard InChI is InChI=1S/C14H20N4S/c1-2-3-13(11-6-16-17-7-11)15-8-12-9-19-14(18-12)10-4-5-10/h6-7,9-10,13,15H,2-5,8H2,1H3,(H,16,17). The van der Waals surface area contributed by atoms with Gasteiger partial charge < -0.3 is 5.32 Å². The van der Waals surface area contributed by atoms with Crippen molar-refractivity contribution in [2.24, 2.45) is 0 Å². The Hall–Kier alpha value is -1.20. The molecule has 0 aromatic carbocycles. The SMILES string of the molecule is CCCC(NCc1csc(C2CC2)n1)c1cn[nH]c1. The van der Waals surface area contributed by atoms with E-state index in [0.29, 0.717) is 6.04 Å². The molecule has 1 unspecified atom stereocenters. The lowest BCUT2D eigenvalue weighted by molar-refractivity contribution is 0.490. The zero-order valence-electron chi connectivity index (χ0n) is 11.2. The van der Waals surface area contributed by atoms with Gasteiger partial charge in [0.15, 0.2) is 0 Å². The van der Waals surface area contributed by atoms with E-state index in [1.54, 1.807) is 0 Å². The van der Waals surface area contributed by atoms with Gasteiger partial charge in [-0.1, -0.05) is 13.3 Å². The molecule has 2 aromatic heterocycles. The summed E-state index contributed by atoms with van der Waals surface area (Å²) in [5.41, 5.74) is 2.41. The fourth-order valence-corrected chi connectivity index (χ4v) is 3.27. The van der Waals surface area contributed by atoms with Gasteiger partial charge in [0.05, 0.1) is 16.9 Å². The molecule has 4 nitrogen and oxygen atoms in total. The first kappa shape index (κ1) is 12.8. The summed E-state index contributed by atoms with van der Waals surface area (Å²) in [5, 5.41) is 14.0. The van der Waals surface area contributed by atoms with Crippen LogP contribution in [0.1, 0.15) is 60.8 Å². The third-order valence-electron chi connectivity index (χ3n) is 3.52. The van der Waals surface area contributed by atoms with Crippen molar-refractivity contribution in [2.45, 2.75) is 51.1 Å². The average molecular weight is 276 g/mol. The summed E-state index contributed by atoms with van der Waals surface area (Å²) >= 11 is 1.81. The molecule has 2 heterocycles. The van der Waals surface area contributed by atoms with E-state index < -0.39 is 0 Å². The number of aromatic nitrogens is 3. The zero-order valence-corrected chi connectivity index (χ0v) is 12.0. The van der Waals surface area contributed by atoms with Gasteiger partial charge in [-0.15, -0.1) is 11.3 Å². The minimum Gasteiger partial charge on any atom is -0.304 e. The summed E-state index contributed by atoms with van der Waals surface area (Å²) in [4.78, 5) is 4.72. The van der Waals surface area contributed by atoms with Crippen LogP contribution in [0.15, 0.2) is 17.8 Å². The minimum atomic E-state index is 0.370. The molecule has 0 aliphatic heterocycles. The van der Waals surface area contributed by atoms with Gasteiger partial charge in [0.2, 0.25) is 0 Å². The van der Waals surface area contributed by atoms with E-state index in [1.807, 2.05) is 23.7 Å². The second-order valence-electron chi connectivity index (χ2n) is 5.21. The summed E-state index contributed by atoms with van der Waals surface area (Å²) in [6.45, 7) is 3.06. The van der Waals surface area contributed by atoms with E-state index >= 15 is 0 Å². The molecule has 1 saturated carbocycles. The monoisotopic (exact) mass is 276 g/mol. The van der Waals surface area contributed by atoms with Crippen molar-refractivity contribution >= 4 is 11.3 Å². The number of thiazole rings is 1. The average Bonchev–Trinajstić information content (AvgIpc) is 2.94. The molecule has 0 spiro atoms. The normalized spacial score (nSPS) is 16.7. The summed E-state index contributed by atoms with van der Waals surface area (Å²) in [7, 11) is 0. The summed E-state index contributed by atoms with van der Waals surface area (Å²) in [6.07, 6.45) is 8.82. The maximum absolute atomic E-state index is 4.72. The number of hydrogen-bond donors (Lipinski definition) is 2. The van der Waals surface area contributed by atoms with Crippen LogP contribution in [0.25, 0.3) is 0 Å². The first-order valence-corrected chi connectivity index (χ1v) is 7.91. The van der Waals surface area contributed by atoms with Gasteiger partial charge in [0.25, 0.3) is 0 Å². The Morgan fingerprint density at radius 1 is 1.53 bits per heavy atom. The number of hydrogen-bond acceptors (Lipinski definition) is 4. The van der Waals surface area contributed by atoms with Crippen molar-refractivity contribution in [3.63, 3.8) is 0 Å². The molecule has 1 fully saturated rings. The Morgan fingerprint density at radius 3 is 3.11 bits per heavy atom. The topological polar surface area (TPSA) is 53.6 Å². The summed E-state index contributed by atoms with van der Waals surface area (Å²) in [5.74, 6) is 0.763. The maximum atomic E-state index is 4.72. The van der Waals surface area contributed by atoms with Crippen LogP contribution in [0.3, 0.4) is 0 Å². The van der Waals surface area contributed by atoms with Crippen molar-refractivity contribution < 1.29 is 0 Å². The van der Waals surface area contributed by atoms with E-state index in [-0.39, 0.29) is 0 Å². The third kappa shape index (κ3) is 3.22. The second-order valence-corrected chi connectivity index (χ2v) is 6.09. The lowest BCUT2D eigenvalue weighted by Crippen LogP contribution is -2.20. The Morgan fingerprint density at radius 2 is 2.42 bits per heavy atom. The fourth-order valence-electron chi connectivity index (χ4n) is 2.28. The summed E-state index contributed by atoms with van der Waals surface area (Å²) < 4.78 is 0. The molecule has 2 N–H and O–H groups in total. The molecule has 0 bridgehead atoms. The summed E-state index contributed by atoms with van der Waals surface area (Å²) in [6, 6.07) is 0.370. The smallest absolute Gasteiger partial charge is 0.0959 e. The zero-order chi connectivity index (χ0) is 13.1. The van der Waals surface area contributed by atoms with E-state index in [9.17, 15) is 0 Å². The minimum absolute atomic E-state index is 0.370. The molecule has 2 aromatic rings. The van der Waals surface area contributed by atoms with Crippen molar-refractivity contribution in [1.29, 1.82) is 0 Å². The van der Waals surface area contributed by atoms with Crippen molar-refractivity contribution in [2.75, 3.05) is 0 Å². The van der Waals surface area contributed by atoms with E-state index in [1.165, 1.54) is 29.1 Å². The Labute approximate surface area is 117 Å². The highest BCUT2D eigenvalue weighted by Crippen LogP contribution is 2.41. The van der Waals surface area contributed by atoms with Gasteiger partial charge in [-0.3, -0.25) is 5.10 Å². The van der Waals surface area contributed by atoms with Gasteiger partial charge >= 0.3 is 0 Å². The van der Waals surface area contributed by atoms with Crippen LogP contribution in [0.4, 0.5) is 0 Å². The van der Waals surface area contributed by atoms with E-state index in [2.05, 4.69) is 27.8 Å². The van der Waals surface area contributed by atoms with Crippen LogP contribution < -0.4 is 5.32 Å². The number of aromatic amines is 1. The lowest BCUT2D eigenvalue weighted by atomic mass is 10.1. The molecule has 0 saturated heterocycles. The molecule has 3 rings (SSSR count). The molecular weight excluding hydrogens is 256 g/mol. The predicted molar refractivity (Wildman–Crippen MR) is 77.2 cm³/mol. The molecule has 0 amide bonds. The first-order chi connectivity index (χ1) is 9.36. The molecule has 0 radical (unpaired) electrons. The van der Waals surface area contributed by atoms with Gasteiger partial charge in [-0.25, -0.2) is 4.98 Å². The van der Waals surface area contributed by atoms with Crippen LogP contribution >= 0.6 is 11.3 Å². The Kier molecular flexibility index (Phi) is 3.94. The molecular formula is C14H20N4S. The second kappa shape index (κ2) is 5.84. The molecule has 102 valence electrons. The van der Waals surface area contributed by atoms with Gasteiger partial charge in [0, 0.05) is 35.6 Å². The van der Waals surface area contributed by atoms with Crippen LogP contribution in [-0.4, -0.2) is 15.2 Å².